The molecule has 9 rings (SSSR count). The molecular weight excluding hydrogens is 607 g/mol. The monoisotopic (exact) mass is 635 g/mol. The third-order valence-electron chi connectivity index (χ3n) is 8.74. The van der Waals surface area contributed by atoms with Crippen LogP contribution in [0.4, 0.5) is 0 Å². The number of hydrogen-bond donors (Lipinski definition) is 1. The van der Waals surface area contributed by atoms with Crippen LogP contribution >= 0.6 is 11.8 Å². The van der Waals surface area contributed by atoms with Gasteiger partial charge in [0.1, 0.15) is 23.2 Å². The Bertz CT molecular complexity index is 2500. The molecule has 0 amide bonds. The van der Waals surface area contributed by atoms with Crippen molar-refractivity contribution in [3.63, 3.8) is 0 Å². The second-order valence-corrected chi connectivity index (χ2v) is 13.0. The van der Waals surface area contributed by atoms with E-state index < -0.39 is 0 Å². The van der Waals surface area contributed by atoms with Gasteiger partial charge >= 0.3 is 0 Å². The lowest BCUT2D eigenvalue weighted by molar-refractivity contribution is 0.657. The summed E-state index contributed by atoms with van der Waals surface area (Å²) in [4.78, 5) is 12.6. The summed E-state index contributed by atoms with van der Waals surface area (Å²) >= 11 is 1.75. The smallest absolute Gasteiger partial charge is 0.159 e. The van der Waals surface area contributed by atoms with Gasteiger partial charge in [-0.05, 0) is 59.0 Å². The zero-order valence-corrected chi connectivity index (χ0v) is 26.7. The number of nitrogens with zero attached hydrogens (tertiary/aromatic N) is 2. The fourth-order valence-electron chi connectivity index (χ4n) is 6.39. The second-order valence-electron chi connectivity index (χ2n) is 11.9. The zero-order valence-electron chi connectivity index (χ0n) is 25.9. The van der Waals surface area contributed by atoms with Crippen LogP contribution in [0.3, 0.4) is 0 Å². The minimum Gasteiger partial charge on any atom is -0.455 e. The summed E-state index contributed by atoms with van der Waals surface area (Å²) in [5.41, 5.74) is 7.01. The predicted molar refractivity (Wildman–Crippen MR) is 199 cm³/mol. The number of furan rings is 1. The van der Waals surface area contributed by atoms with Crippen LogP contribution in [0.25, 0.3) is 43.8 Å². The number of rotatable bonds is 6. The number of hydrogen-bond acceptors (Lipinski definition) is 5. The largest absolute Gasteiger partial charge is 0.455 e. The highest BCUT2D eigenvalue weighted by Crippen LogP contribution is 2.37. The fourth-order valence-corrected chi connectivity index (χ4v) is 7.33. The van der Waals surface area contributed by atoms with Gasteiger partial charge in [-0.3, -0.25) is 0 Å². The lowest BCUT2D eigenvalue weighted by Gasteiger charge is -2.24. The van der Waals surface area contributed by atoms with Crippen molar-refractivity contribution in [2.24, 2.45) is 9.98 Å². The van der Waals surface area contributed by atoms with Gasteiger partial charge in [0.2, 0.25) is 0 Å². The Morgan fingerprint density at radius 3 is 2.02 bits per heavy atom. The van der Waals surface area contributed by atoms with Crippen molar-refractivity contribution in [3.8, 4) is 11.1 Å². The molecule has 1 aromatic heterocycles. The molecule has 0 fully saturated rings. The summed E-state index contributed by atoms with van der Waals surface area (Å²) in [6, 6.07) is 57.0. The van der Waals surface area contributed by atoms with Crippen LogP contribution in [0.5, 0.6) is 0 Å². The summed E-state index contributed by atoms with van der Waals surface area (Å²) < 4.78 is 6.55. The van der Waals surface area contributed by atoms with E-state index in [1.165, 1.54) is 10.3 Å². The normalized spacial score (nSPS) is 14.5. The van der Waals surface area contributed by atoms with E-state index in [0.29, 0.717) is 5.84 Å². The first-order valence-electron chi connectivity index (χ1n) is 16.0. The highest BCUT2D eigenvalue weighted by atomic mass is 32.2. The molecule has 7 aromatic carbocycles. The van der Waals surface area contributed by atoms with Crippen molar-refractivity contribution in [1.82, 2.24) is 5.32 Å². The second kappa shape index (κ2) is 12.0. The van der Waals surface area contributed by atoms with Crippen molar-refractivity contribution in [1.29, 1.82) is 0 Å². The predicted octanol–water partition coefficient (Wildman–Crippen LogP) is 11.1. The van der Waals surface area contributed by atoms with Crippen molar-refractivity contribution < 1.29 is 4.42 Å². The van der Waals surface area contributed by atoms with Gasteiger partial charge in [0, 0.05) is 42.6 Å². The Labute approximate surface area is 282 Å². The number of fused-ring (bicyclic) bond motifs is 5. The highest BCUT2D eigenvalue weighted by molar-refractivity contribution is 7.99. The molecule has 0 radical (unpaired) electrons. The number of nitrogens with one attached hydrogen (secondary N) is 1. The molecule has 8 aromatic rings. The van der Waals surface area contributed by atoms with Crippen LogP contribution in [0.1, 0.15) is 22.9 Å². The minimum atomic E-state index is -0.368. The molecule has 2 heterocycles. The summed E-state index contributed by atoms with van der Waals surface area (Å²) in [6.07, 6.45) is -0.368. The van der Waals surface area contributed by atoms with Gasteiger partial charge in [0.15, 0.2) is 5.84 Å². The van der Waals surface area contributed by atoms with Crippen LogP contribution in [-0.4, -0.2) is 11.7 Å². The lowest BCUT2D eigenvalue weighted by Crippen LogP contribution is -2.33. The summed E-state index contributed by atoms with van der Waals surface area (Å²) in [7, 11) is 0. The Balaban J connectivity index is 1.16. The van der Waals surface area contributed by atoms with E-state index in [1.54, 1.807) is 11.8 Å². The van der Waals surface area contributed by atoms with Gasteiger partial charge < -0.3 is 9.73 Å². The van der Waals surface area contributed by atoms with E-state index in [0.717, 1.165) is 65.9 Å². The van der Waals surface area contributed by atoms with Crippen LogP contribution in [0, 0.1) is 0 Å². The van der Waals surface area contributed by atoms with Gasteiger partial charge in [0.25, 0.3) is 0 Å². The molecule has 0 aliphatic carbocycles. The maximum absolute atomic E-state index is 6.55. The average molecular weight is 636 g/mol. The van der Waals surface area contributed by atoms with Gasteiger partial charge in [-0.25, -0.2) is 9.98 Å². The Kier molecular flexibility index (Phi) is 7.10. The quantitative estimate of drug-likeness (QED) is 0.198. The number of benzene rings is 7. The van der Waals surface area contributed by atoms with Crippen molar-refractivity contribution in [2.45, 2.75) is 16.0 Å². The number of amidine groups is 2. The lowest BCUT2D eigenvalue weighted by atomic mass is 10.0. The van der Waals surface area contributed by atoms with Gasteiger partial charge in [-0.15, -0.1) is 0 Å². The maximum atomic E-state index is 6.55. The third kappa shape index (κ3) is 5.34. The average Bonchev–Trinajstić information content (AvgIpc) is 3.54. The van der Waals surface area contributed by atoms with Crippen LogP contribution in [0.15, 0.2) is 188 Å². The van der Waals surface area contributed by atoms with Gasteiger partial charge in [0.05, 0.1) is 0 Å². The van der Waals surface area contributed by atoms with Crippen LogP contribution in [0.2, 0.25) is 0 Å². The molecule has 0 spiro atoms. The molecule has 4 nitrogen and oxygen atoms in total. The molecule has 228 valence electrons. The Hall–Kier alpha value is -5.91. The summed E-state index contributed by atoms with van der Waals surface area (Å²) in [6.45, 7) is 0. The summed E-state index contributed by atoms with van der Waals surface area (Å²) in [5, 5.41) is 8.18. The summed E-state index contributed by atoms with van der Waals surface area (Å²) in [5.74, 6) is 1.46. The molecule has 1 atom stereocenters. The molecule has 1 aliphatic rings. The molecule has 1 unspecified atom stereocenters. The Morgan fingerprint density at radius 1 is 0.521 bits per heavy atom. The van der Waals surface area contributed by atoms with Crippen LogP contribution in [-0.2, 0) is 0 Å². The Morgan fingerprint density at radius 2 is 1.21 bits per heavy atom. The van der Waals surface area contributed by atoms with E-state index in [2.05, 4.69) is 139 Å². The van der Waals surface area contributed by atoms with E-state index >= 15 is 0 Å². The first kappa shape index (κ1) is 28.3. The molecule has 0 saturated heterocycles. The van der Waals surface area contributed by atoms with E-state index in [9.17, 15) is 0 Å². The standard InChI is InChI=1S/C43H29N3OS/c1-4-12-28(13-5-1)32-24-33(26-35(25-32)48-34-17-8-3-9-18-34)43-45-41(30-15-6-2-7-16-30)44-42(46-43)31-21-22-37-38-23-20-29-14-10-11-19-36(29)40(38)47-39(37)27-31/h1-27,42H,(H,44,45,46). The highest BCUT2D eigenvalue weighted by Gasteiger charge is 2.23. The van der Waals surface area contributed by atoms with Gasteiger partial charge in [-0.1, -0.05) is 133 Å². The fraction of sp³-hybridized carbons (Fsp3) is 0.0233. The molecule has 5 heteroatoms. The first-order valence-corrected chi connectivity index (χ1v) is 16.8. The molecule has 0 bridgehead atoms. The topological polar surface area (TPSA) is 49.9 Å². The molecule has 1 aliphatic heterocycles. The van der Waals surface area contributed by atoms with E-state index in [1.807, 2.05) is 30.3 Å². The molecular formula is C43H29N3OS. The van der Waals surface area contributed by atoms with Crippen molar-refractivity contribution in [2.75, 3.05) is 0 Å². The van der Waals surface area contributed by atoms with Crippen molar-refractivity contribution in [3.05, 3.63) is 180 Å². The van der Waals surface area contributed by atoms with Crippen LogP contribution < -0.4 is 5.32 Å². The van der Waals surface area contributed by atoms with Gasteiger partial charge in [-0.2, -0.15) is 0 Å². The minimum absolute atomic E-state index is 0.368. The third-order valence-corrected chi connectivity index (χ3v) is 9.72. The molecule has 1 N–H and O–H groups in total. The zero-order chi connectivity index (χ0) is 31.9. The SMILES string of the molecule is c1ccc(Sc2cc(C3=NC(c4ccccc4)=NC(c4ccc5c(c4)oc4c6ccccc6ccc54)N3)cc(-c3ccccc3)c2)cc1. The van der Waals surface area contributed by atoms with E-state index in [-0.39, 0.29) is 6.17 Å². The maximum Gasteiger partial charge on any atom is 0.159 e. The number of aliphatic imine (C=N–C) groups is 2. The molecule has 0 saturated carbocycles. The first-order chi connectivity index (χ1) is 23.7. The molecule has 48 heavy (non-hydrogen) atoms. The van der Waals surface area contributed by atoms with Crippen molar-refractivity contribution >= 4 is 56.1 Å². The van der Waals surface area contributed by atoms with E-state index in [4.69, 9.17) is 14.4 Å².